The number of hydrogen-bond donors (Lipinski definition) is 1. The number of likely N-dealkylation sites (tertiary alicyclic amines) is 1. The van der Waals surface area contributed by atoms with Crippen molar-refractivity contribution < 1.29 is 13.9 Å². The van der Waals surface area contributed by atoms with Gasteiger partial charge in [-0.2, -0.15) is 5.10 Å². The fourth-order valence-corrected chi connectivity index (χ4v) is 3.68. The molecule has 2 atom stereocenters. The number of hydrogen-bond acceptors (Lipinski definition) is 5. The van der Waals surface area contributed by atoms with Crippen LogP contribution in [-0.2, 0) is 23.1 Å². The molecule has 0 unspecified atom stereocenters. The molecule has 1 N–H and O–H groups in total. The lowest BCUT2D eigenvalue weighted by Gasteiger charge is -2.28. The summed E-state index contributed by atoms with van der Waals surface area (Å²) in [6.07, 6.45) is 4.13. The van der Waals surface area contributed by atoms with Gasteiger partial charge in [0.25, 0.3) is 0 Å². The lowest BCUT2D eigenvalue weighted by Crippen LogP contribution is -2.34. The van der Waals surface area contributed by atoms with Crippen molar-refractivity contribution in [1.29, 1.82) is 0 Å². The highest BCUT2D eigenvalue weighted by Gasteiger charge is 2.41. The average Bonchev–Trinajstić information content (AvgIpc) is 3.26. The van der Waals surface area contributed by atoms with Gasteiger partial charge in [0.15, 0.2) is 0 Å². The number of rotatable bonds is 8. The molecule has 0 aliphatic carbocycles. The van der Waals surface area contributed by atoms with E-state index in [1.807, 2.05) is 35.8 Å². The molecule has 2 aromatic heterocycles. The van der Waals surface area contributed by atoms with E-state index in [-0.39, 0.29) is 17.9 Å². The number of furan rings is 1. The second-order valence-corrected chi connectivity index (χ2v) is 6.96. The first-order chi connectivity index (χ1) is 12.5. The van der Waals surface area contributed by atoms with E-state index in [0.717, 1.165) is 29.1 Å². The Morgan fingerprint density at radius 1 is 1.42 bits per heavy atom. The molecule has 0 aromatic carbocycles. The van der Waals surface area contributed by atoms with Gasteiger partial charge in [-0.25, -0.2) is 0 Å². The Hall–Kier alpha value is -2.12. The predicted molar refractivity (Wildman–Crippen MR) is 97.5 cm³/mol. The molecular formula is C19H28N4O3. The number of amides is 1. The van der Waals surface area contributed by atoms with Crippen LogP contribution in [0.25, 0.3) is 0 Å². The third-order valence-corrected chi connectivity index (χ3v) is 5.33. The van der Waals surface area contributed by atoms with Crippen LogP contribution in [0.4, 0.5) is 0 Å². The van der Waals surface area contributed by atoms with E-state index in [1.54, 1.807) is 13.4 Å². The molecule has 3 rings (SSSR count). The maximum Gasteiger partial charge on any atom is 0.223 e. The molecule has 2 aromatic rings. The quantitative estimate of drug-likeness (QED) is 0.779. The lowest BCUT2D eigenvalue weighted by atomic mass is 9.94. The van der Waals surface area contributed by atoms with Crippen LogP contribution in [0.1, 0.15) is 35.0 Å². The van der Waals surface area contributed by atoms with Crippen LogP contribution in [0.5, 0.6) is 0 Å². The average molecular weight is 360 g/mol. The minimum Gasteiger partial charge on any atom is -0.468 e. The molecule has 7 heteroatoms. The summed E-state index contributed by atoms with van der Waals surface area (Å²) in [5.41, 5.74) is 3.36. The number of methoxy groups -OCH3 is 1. The van der Waals surface area contributed by atoms with Crippen molar-refractivity contribution in [2.24, 2.45) is 13.0 Å². The van der Waals surface area contributed by atoms with E-state index in [1.165, 1.54) is 0 Å². The Morgan fingerprint density at radius 3 is 2.85 bits per heavy atom. The highest BCUT2D eigenvalue weighted by atomic mass is 16.5. The zero-order valence-corrected chi connectivity index (χ0v) is 16.0. The fraction of sp³-hybridized carbons (Fsp3) is 0.579. The number of nitrogens with zero attached hydrogens (tertiary/aromatic N) is 3. The third-order valence-electron chi connectivity index (χ3n) is 5.33. The SMILES string of the molecule is COCCN1C(=O)C[C@@H](CNCc2occc2C)[C@@H]1c1cnn(C)c1C. The molecule has 1 aliphatic heterocycles. The van der Waals surface area contributed by atoms with Gasteiger partial charge in [0.1, 0.15) is 5.76 Å². The molecular weight excluding hydrogens is 332 g/mol. The number of aromatic nitrogens is 2. The van der Waals surface area contributed by atoms with Crippen LogP contribution in [0.3, 0.4) is 0 Å². The summed E-state index contributed by atoms with van der Waals surface area (Å²) in [7, 11) is 3.59. The smallest absolute Gasteiger partial charge is 0.223 e. The number of carbonyl (C=O) groups is 1. The minimum absolute atomic E-state index is 0.0246. The first-order valence-corrected chi connectivity index (χ1v) is 9.03. The molecule has 0 radical (unpaired) electrons. The van der Waals surface area contributed by atoms with Gasteiger partial charge >= 0.3 is 0 Å². The van der Waals surface area contributed by atoms with E-state index in [4.69, 9.17) is 9.15 Å². The van der Waals surface area contributed by atoms with E-state index >= 15 is 0 Å². The number of nitrogens with one attached hydrogen (secondary N) is 1. The maximum absolute atomic E-state index is 12.6. The molecule has 1 aliphatic rings. The minimum atomic E-state index is 0.0246. The van der Waals surface area contributed by atoms with Gasteiger partial charge in [-0.3, -0.25) is 9.48 Å². The van der Waals surface area contributed by atoms with Crippen molar-refractivity contribution >= 4 is 5.91 Å². The molecule has 0 spiro atoms. The van der Waals surface area contributed by atoms with E-state index < -0.39 is 0 Å². The van der Waals surface area contributed by atoms with Crippen molar-refractivity contribution in [3.05, 3.63) is 41.1 Å². The summed E-state index contributed by atoms with van der Waals surface area (Å²) < 4.78 is 12.6. The van der Waals surface area contributed by atoms with Crippen molar-refractivity contribution in [1.82, 2.24) is 20.0 Å². The van der Waals surface area contributed by atoms with Crippen molar-refractivity contribution in [3.8, 4) is 0 Å². The van der Waals surface area contributed by atoms with E-state index in [2.05, 4.69) is 17.3 Å². The van der Waals surface area contributed by atoms with Crippen LogP contribution < -0.4 is 5.32 Å². The standard InChI is InChI=1S/C19H28N4O3/c1-13-5-7-26-17(13)12-20-10-15-9-18(24)23(6-8-25-4)19(15)16-11-21-22(3)14(16)2/h5,7,11,15,19-20H,6,8-10,12H2,1-4H3/t15-,19+/m0/s1. The highest BCUT2D eigenvalue weighted by molar-refractivity contribution is 5.79. The molecule has 0 saturated carbocycles. The molecule has 3 heterocycles. The summed E-state index contributed by atoms with van der Waals surface area (Å²) in [4.78, 5) is 14.6. The van der Waals surface area contributed by atoms with Crippen molar-refractivity contribution in [3.63, 3.8) is 0 Å². The summed E-state index contributed by atoms with van der Waals surface area (Å²) in [6, 6.07) is 1.99. The van der Waals surface area contributed by atoms with Crippen LogP contribution in [0.15, 0.2) is 22.9 Å². The monoisotopic (exact) mass is 360 g/mol. The Labute approximate surface area is 154 Å². The first kappa shape index (κ1) is 18.7. The van der Waals surface area contributed by atoms with Crippen LogP contribution >= 0.6 is 0 Å². The van der Waals surface area contributed by atoms with Gasteiger partial charge in [0, 0.05) is 50.8 Å². The Bertz CT molecular complexity index is 752. The van der Waals surface area contributed by atoms with Gasteiger partial charge in [-0.15, -0.1) is 0 Å². The van der Waals surface area contributed by atoms with Gasteiger partial charge in [0.05, 0.1) is 31.7 Å². The number of carbonyl (C=O) groups excluding carboxylic acids is 1. The van der Waals surface area contributed by atoms with Gasteiger partial charge in [0.2, 0.25) is 5.91 Å². The Balaban J connectivity index is 1.74. The molecule has 7 nitrogen and oxygen atoms in total. The van der Waals surface area contributed by atoms with E-state index in [9.17, 15) is 4.79 Å². The number of aryl methyl sites for hydroxylation is 2. The van der Waals surface area contributed by atoms with Crippen molar-refractivity contribution in [2.75, 3.05) is 26.8 Å². The largest absolute Gasteiger partial charge is 0.468 e. The van der Waals surface area contributed by atoms with Crippen LogP contribution in [-0.4, -0.2) is 47.4 Å². The molecule has 142 valence electrons. The second-order valence-electron chi connectivity index (χ2n) is 6.96. The fourth-order valence-electron chi connectivity index (χ4n) is 3.68. The zero-order chi connectivity index (χ0) is 18.7. The first-order valence-electron chi connectivity index (χ1n) is 9.03. The van der Waals surface area contributed by atoms with Crippen LogP contribution in [0.2, 0.25) is 0 Å². The Morgan fingerprint density at radius 2 is 2.23 bits per heavy atom. The Kier molecular flexibility index (Phi) is 5.78. The van der Waals surface area contributed by atoms with Crippen molar-refractivity contribution in [2.45, 2.75) is 32.9 Å². The lowest BCUT2D eigenvalue weighted by molar-refractivity contribution is -0.129. The summed E-state index contributed by atoms with van der Waals surface area (Å²) in [5, 5.41) is 7.84. The summed E-state index contributed by atoms with van der Waals surface area (Å²) >= 11 is 0. The third kappa shape index (κ3) is 3.68. The van der Waals surface area contributed by atoms with Gasteiger partial charge < -0.3 is 19.4 Å². The summed E-state index contributed by atoms with van der Waals surface area (Å²) in [6.45, 7) is 6.63. The van der Waals surface area contributed by atoms with Gasteiger partial charge in [-0.1, -0.05) is 0 Å². The zero-order valence-electron chi connectivity index (χ0n) is 16.0. The second kappa shape index (κ2) is 8.05. The highest BCUT2D eigenvalue weighted by Crippen LogP contribution is 2.38. The summed E-state index contributed by atoms with van der Waals surface area (Å²) in [5.74, 6) is 1.31. The van der Waals surface area contributed by atoms with Crippen LogP contribution in [0, 0.1) is 19.8 Å². The van der Waals surface area contributed by atoms with Gasteiger partial charge in [-0.05, 0) is 25.5 Å². The maximum atomic E-state index is 12.6. The topological polar surface area (TPSA) is 72.5 Å². The molecule has 26 heavy (non-hydrogen) atoms. The predicted octanol–water partition coefficient (Wildman–Crippen LogP) is 1.96. The molecule has 1 fully saturated rings. The normalized spacial score (nSPS) is 20.3. The van der Waals surface area contributed by atoms with E-state index in [0.29, 0.717) is 26.1 Å². The molecule has 0 bridgehead atoms. The molecule has 1 amide bonds. The number of ether oxygens (including phenoxy) is 1. The molecule has 1 saturated heterocycles.